The monoisotopic (exact) mass is 1060 g/mol. The lowest BCUT2D eigenvalue weighted by atomic mass is 9.75. The number of benzene rings is 6. The van der Waals surface area contributed by atoms with Gasteiger partial charge in [-0.15, -0.1) is 0 Å². The van der Waals surface area contributed by atoms with Gasteiger partial charge in [-0.1, -0.05) is 245 Å². The van der Waals surface area contributed by atoms with Crippen LogP contribution in [0.2, 0.25) is 0 Å². The van der Waals surface area contributed by atoms with Crippen molar-refractivity contribution in [1.29, 1.82) is 0 Å². The van der Waals surface area contributed by atoms with Crippen LogP contribution >= 0.6 is 15.2 Å². The van der Waals surface area contributed by atoms with Crippen LogP contribution in [-0.4, -0.2) is 0 Å². The lowest BCUT2D eigenvalue weighted by Crippen LogP contribution is -2.36. The van der Waals surface area contributed by atoms with E-state index in [1.807, 2.05) is 72.8 Å². The molecule has 8 heteroatoms. The van der Waals surface area contributed by atoms with Crippen LogP contribution in [0.15, 0.2) is 109 Å². The van der Waals surface area contributed by atoms with Gasteiger partial charge in [-0.25, -0.2) is 9.13 Å². The molecule has 0 fully saturated rings. The van der Waals surface area contributed by atoms with E-state index >= 15 is 9.13 Å². The highest BCUT2D eigenvalue weighted by molar-refractivity contribution is 7.69. The Morgan fingerprint density at radius 3 is 0.829 bits per heavy atom. The summed E-state index contributed by atoms with van der Waals surface area (Å²) in [5.41, 5.74) is 4.68. The van der Waals surface area contributed by atoms with Crippen molar-refractivity contribution in [2.75, 3.05) is 0 Å². The summed E-state index contributed by atoms with van der Waals surface area (Å²) in [4.78, 5) is 0. The number of fused-ring (bicyclic) bond motifs is 2. The Kier molecular flexibility index (Phi) is 15.0. The van der Waals surface area contributed by atoms with Crippen LogP contribution in [-0.2, 0) is 52.5 Å². The largest absolute Gasteiger partial charge is 0.464 e. The predicted octanol–water partition coefficient (Wildman–Crippen LogP) is 18.9. The van der Waals surface area contributed by atoms with E-state index in [0.717, 1.165) is 60.2 Å². The topological polar surface area (TPSA) is 71.1 Å². The molecular weight excluding hydrogens is 975 g/mol. The molecule has 0 saturated carbocycles. The average molecular weight is 1070 g/mol. The minimum atomic E-state index is -4.86. The van der Waals surface area contributed by atoms with Gasteiger partial charge in [0.1, 0.15) is 33.6 Å². The van der Waals surface area contributed by atoms with Gasteiger partial charge in [0.25, 0.3) is 0 Å². The minimum Gasteiger partial charge on any atom is -0.412 e. The fourth-order valence-electron chi connectivity index (χ4n) is 11.2. The number of hydrogen-bond acceptors (Lipinski definition) is 6. The molecule has 0 amide bonds. The lowest BCUT2D eigenvalue weighted by Gasteiger charge is -2.36. The first-order valence-electron chi connectivity index (χ1n) is 27.3. The van der Waals surface area contributed by atoms with Crippen molar-refractivity contribution in [2.24, 2.45) is 0 Å². The van der Waals surface area contributed by atoms with Crippen molar-refractivity contribution in [3.8, 4) is 23.0 Å². The second-order valence-electron chi connectivity index (χ2n) is 29.5. The van der Waals surface area contributed by atoms with Gasteiger partial charge >= 0.3 is 15.2 Å². The molecule has 76 heavy (non-hydrogen) atoms. The van der Waals surface area contributed by atoms with Crippen molar-refractivity contribution in [3.63, 3.8) is 0 Å². The first-order valence-corrected chi connectivity index (χ1v) is 30.4. The SMILES string of the molecule is CC(C)(C)c1cccc(OP(=O)(Oc2cccc(C(C)(C)C)c2C(C)(C)C)c2ccc3c(c2P(=O)(Oc2cccc(C(C)(C)C)c2C(C)(C)C)Oc2cccc(C(C)(C)C)c2C(C)(C)C)=c2ccccc2=3)c1C(C)(C)C. The highest BCUT2D eigenvalue weighted by Crippen LogP contribution is 2.59. The maximum Gasteiger partial charge on any atom is 0.464 e. The van der Waals surface area contributed by atoms with Crippen molar-refractivity contribution >= 4 is 25.8 Å². The van der Waals surface area contributed by atoms with Gasteiger partial charge in [0.2, 0.25) is 0 Å². The van der Waals surface area contributed by atoms with Crippen LogP contribution in [0.3, 0.4) is 0 Å². The molecule has 408 valence electrons. The van der Waals surface area contributed by atoms with Crippen LogP contribution in [0.4, 0.5) is 0 Å². The van der Waals surface area contributed by atoms with E-state index in [-0.39, 0.29) is 32.3 Å². The smallest absolute Gasteiger partial charge is 0.412 e. The summed E-state index contributed by atoms with van der Waals surface area (Å²) >= 11 is 0. The third kappa shape index (κ3) is 11.4. The summed E-state index contributed by atoms with van der Waals surface area (Å²) in [6.07, 6.45) is 0. The Morgan fingerprint density at radius 2 is 0.553 bits per heavy atom. The van der Waals surface area contributed by atoms with Crippen molar-refractivity contribution in [1.82, 2.24) is 0 Å². The Balaban J connectivity index is 1.73. The summed E-state index contributed by atoms with van der Waals surface area (Å²) < 4.78 is 65.5. The molecule has 0 atom stereocenters. The van der Waals surface area contributed by atoms with Crippen molar-refractivity contribution in [3.05, 3.63) is 175 Å². The Bertz CT molecular complexity index is 3350. The summed E-state index contributed by atoms with van der Waals surface area (Å²) in [6, 6.07) is 35.8. The molecule has 1 aliphatic carbocycles. The van der Waals surface area contributed by atoms with E-state index in [2.05, 4.69) is 197 Å². The zero-order chi connectivity index (χ0) is 56.9. The molecule has 7 rings (SSSR count). The molecular formula is C68H90O6P2. The van der Waals surface area contributed by atoms with Crippen LogP contribution in [0.1, 0.15) is 211 Å². The van der Waals surface area contributed by atoms with E-state index in [4.69, 9.17) is 18.1 Å². The molecule has 0 bridgehead atoms. The van der Waals surface area contributed by atoms with E-state index in [9.17, 15) is 0 Å². The highest BCUT2D eigenvalue weighted by atomic mass is 31.2. The molecule has 6 aromatic rings. The summed E-state index contributed by atoms with van der Waals surface area (Å²) in [5, 5.41) is 3.51. The van der Waals surface area contributed by atoms with Crippen molar-refractivity contribution in [2.45, 2.75) is 209 Å². The molecule has 0 radical (unpaired) electrons. The van der Waals surface area contributed by atoms with Crippen LogP contribution < -0.4 is 28.7 Å². The minimum absolute atomic E-state index is 0.0969. The summed E-state index contributed by atoms with van der Waals surface area (Å²) in [5.74, 6) is 1.67. The number of hydrogen-bond donors (Lipinski definition) is 0. The molecule has 0 aliphatic heterocycles. The van der Waals surface area contributed by atoms with Gasteiger partial charge in [0, 0.05) is 27.5 Å². The molecule has 0 saturated heterocycles. The van der Waals surface area contributed by atoms with Crippen LogP contribution in [0.5, 0.6) is 23.0 Å². The lowest BCUT2D eigenvalue weighted by molar-refractivity contribution is 0.379. The van der Waals surface area contributed by atoms with E-state index in [0.29, 0.717) is 28.2 Å². The highest BCUT2D eigenvalue weighted by Gasteiger charge is 2.48. The molecule has 1 aliphatic rings. The third-order valence-corrected chi connectivity index (χ3v) is 18.3. The molecule has 0 unspecified atom stereocenters. The molecule has 0 N–H and O–H groups in total. The van der Waals surface area contributed by atoms with E-state index < -0.39 is 36.9 Å². The second kappa shape index (κ2) is 19.4. The average Bonchev–Trinajstić information content (AvgIpc) is 3.24. The Morgan fingerprint density at radius 1 is 0.276 bits per heavy atom. The van der Waals surface area contributed by atoms with E-state index in [1.54, 1.807) is 6.07 Å². The fourth-order valence-corrected chi connectivity index (χ4v) is 15.5. The van der Waals surface area contributed by atoms with Gasteiger partial charge < -0.3 is 18.1 Å². The fraction of sp³-hybridized carbons (Fsp3) is 0.471. The number of rotatable bonds is 10. The van der Waals surface area contributed by atoms with Gasteiger partial charge in [-0.3, -0.25) is 0 Å². The molecule has 0 heterocycles. The van der Waals surface area contributed by atoms with E-state index in [1.165, 1.54) is 0 Å². The first-order chi connectivity index (χ1) is 34.5. The van der Waals surface area contributed by atoms with Gasteiger partial charge in [0.15, 0.2) is 0 Å². The predicted molar refractivity (Wildman–Crippen MR) is 321 cm³/mol. The zero-order valence-corrected chi connectivity index (χ0v) is 52.5. The van der Waals surface area contributed by atoms with Gasteiger partial charge in [0.05, 0.1) is 0 Å². The Labute approximate surface area is 457 Å². The van der Waals surface area contributed by atoms with Crippen LogP contribution in [0.25, 0.3) is 0 Å². The first kappa shape index (κ1) is 58.7. The van der Waals surface area contributed by atoms with Crippen LogP contribution in [0, 0.1) is 20.9 Å². The van der Waals surface area contributed by atoms with Gasteiger partial charge in [-0.2, -0.15) is 0 Å². The van der Waals surface area contributed by atoms with Crippen molar-refractivity contribution < 1.29 is 27.2 Å². The zero-order valence-electron chi connectivity index (χ0n) is 50.7. The maximum atomic E-state index is 18.0. The quantitative estimate of drug-likeness (QED) is 0.127. The normalized spacial score (nSPS) is 13.9. The Hall–Kier alpha value is -5.02. The summed E-state index contributed by atoms with van der Waals surface area (Å²) in [7, 11) is -9.67. The molecule has 0 aromatic heterocycles. The molecule has 6 aromatic carbocycles. The van der Waals surface area contributed by atoms with Gasteiger partial charge in [-0.05, 0) is 112 Å². The summed E-state index contributed by atoms with van der Waals surface area (Å²) in [6.45, 7) is 52.1. The standard InChI is InChI=1S/C68H90O6P2/c1-61(2,3)46-33-27-37-50(56(46)65(13,14)15)71-75(69,72-51-38-28-34-47(62(4,5)6)57(51)66(16,17)18)54-42-41-45-43-31-25-26-32-44(43)55(45)60(54)76(70,73-52-39-29-35-48(63(7,8)9)58(52)67(19,20)21)74-53-40-30-36-49(64(10,11)12)59(53)68(22,23)24/h25-42H,1-24H3. The maximum absolute atomic E-state index is 18.0. The molecule has 0 spiro atoms. The second-order valence-corrected chi connectivity index (χ2v) is 33.1. The molecule has 6 nitrogen and oxygen atoms in total. The third-order valence-electron chi connectivity index (χ3n) is 14.4.